The van der Waals surface area contributed by atoms with E-state index in [-0.39, 0.29) is 31.1 Å². The third-order valence-electron chi connectivity index (χ3n) is 5.47. The number of carbonyl (C=O) groups is 2. The molecule has 0 spiro atoms. The number of fused-ring (bicyclic) bond motifs is 3. The highest BCUT2D eigenvalue weighted by molar-refractivity contribution is 5.87. The molecule has 2 N–H and O–H groups in total. The fraction of sp³-hybridized carbons (Fsp3) is 0.333. The maximum Gasteiger partial charge on any atom is 0.410 e. The monoisotopic (exact) mass is 438 g/mol. The highest BCUT2D eigenvalue weighted by Crippen LogP contribution is 2.39. The first-order chi connectivity index (χ1) is 15.5. The number of aromatic amines is 1. The second-order valence-corrected chi connectivity index (χ2v) is 7.45. The zero-order chi connectivity index (χ0) is 22.7. The number of rotatable bonds is 6. The molecule has 1 unspecified atom stereocenters. The van der Waals surface area contributed by atoms with Crippen molar-refractivity contribution in [1.29, 1.82) is 0 Å². The molecular weight excluding hydrogens is 412 g/mol. The standard InChI is InChI=1S/C24H26N2O6/c1-3-30-21(28)14-32-17-8-5-15(6-9-17)23-22-18(11-12-26(23)24(29)31-4-2)19-13-16(27)7-10-20(19)25-22/h5-10,13,23,25,27H,3-4,11-12,14H2,1-2H3. The van der Waals surface area contributed by atoms with E-state index in [1.807, 2.05) is 18.2 Å². The molecule has 1 aromatic heterocycles. The van der Waals surface area contributed by atoms with Crippen LogP contribution in [0.3, 0.4) is 0 Å². The van der Waals surface area contributed by atoms with Gasteiger partial charge in [-0.3, -0.25) is 4.90 Å². The van der Waals surface area contributed by atoms with Crippen LogP contribution in [0.15, 0.2) is 42.5 Å². The second kappa shape index (κ2) is 9.21. The molecule has 3 aromatic rings. The molecule has 0 saturated carbocycles. The van der Waals surface area contributed by atoms with Crippen LogP contribution in [-0.2, 0) is 20.7 Å². The van der Waals surface area contributed by atoms with Gasteiger partial charge >= 0.3 is 12.1 Å². The number of ether oxygens (including phenoxy) is 3. The lowest BCUT2D eigenvalue weighted by Crippen LogP contribution is -2.40. The summed E-state index contributed by atoms with van der Waals surface area (Å²) in [6, 6.07) is 12.1. The van der Waals surface area contributed by atoms with E-state index in [1.165, 1.54) is 0 Å². The lowest BCUT2D eigenvalue weighted by Gasteiger charge is -2.35. The number of phenolic OH excluding ortho intramolecular Hbond substituents is 1. The molecule has 0 saturated heterocycles. The number of esters is 1. The number of benzene rings is 2. The van der Waals surface area contributed by atoms with Gasteiger partial charge in [0.25, 0.3) is 0 Å². The lowest BCUT2D eigenvalue weighted by molar-refractivity contribution is -0.145. The molecule has 32 heavy (non-hydrogen) atoms. The van der Waals surface area contributed by atoms with Gasteiger partial charge in [0.05, 0.1) is 13.2 Å². The SMILES string of the molecule is CCOC(=O)COc1ccc(C2c3[nH]c4ccc(O)cc4c3CCN2C(=O)OCC)cc1. The normalized spacial score (nSPS) is 15.3. The molecule has 8 nitrogen and oxygen atoms in total. The van der Waals surface area contributed by atoms with Gasteiger partial charge < -0.3 is 24.3 Å². The first-order valence-electron chi connectivity index (χ1n) is 10.7. The number of nitrogens with zero attached hydrogens (tertiary/aromatic N) is 1. The minimum Gasteiger partial charge on any atom is -0.508 e. The Morgan fingerprint density at radius 1 is 1.09 bits per heavy atom. The topological polar surface area (TPSA) is 101 Å². The first-order valence-corrected chi connectivity index (χ1v) is 10.7. The van der Waals surface area contributed by atoms with Crippen molar-refractivity contribution in [2.24, 2.45) is 0 Å². The van der Waals surface area contributed by atoms with Crippen LogP contribution in [0.2, 0.25) is 0 Å². The average Bonchev–Trinajstić information content (AvgIpc) is 3.15. The van der Waals surface area contributed by atoms with Crippen molar-refractivity contribution in [2.45, 2.75) is 26.3 Å². The quantitative estimate of drug-likeness (QED) is 0.566. The molecule has 2 aromatic carbocycles. The van der Waals surface area contributed by atoms with Crippen LogP contribution in [0, 0.1) is 0 Å². The van der Waals surface area contributed by atoms with E-state index in [1.54, 1.807) is 43.0 Å². The smallest absolute Gasteiger partial charge is 0.410 e. The van der Waals surface area contributed by atoms with Crippen molar-refractivity contribution in [1.82, 2.24) is 9.88 Å². The molecule has 0 fully saturated rings. The van der Waals surface area contributed by atoms with Crippen molar-refractivity contribution < 1.29 is 28.9 Å². The summed E-state index contributed by atoms with van der Waals surface area (Å²) in [5.41, 5.74) is 3.74. The average molecular weight is 438 g/mol. The van der Waals surface area contributed by atoms with Crippen LogP contribution < -0.4 is 4.74 Å². The third kappa shape index (κ3) is 4.21. The summed E-state index contributed by atoms with van der Waals surface area (Å²) in [5, 5.41) is 10.9. The van der Waals surface area contributed by atoms with E-state index in [4.69, 9.17) is 14.2 Å². The molecule has 0 radical (unpaired) electrons. The van der Waals surface area contributed by atoms with Gasteiger partial charge in [-0.25, -0.2) is 9.59 Å². The number of hydrogen-bond donors (Lipinski definition) is 2. The summed E-state index contributed by atoms with van der Waals surface area (Å²) in [6.07, 6.45) is 0.266. The van der Waals surface area contributed by atoms with Gasteiger partial charge in [-0.15, -0.1) is 0 Å². The number of amides is 1. The minimum absolute atomic E-state index is 0.165. The van der Waals surface area contributed by atoms with Crippen LogP contribution in [0.5, 0.6) is 11.5 Å². The molecule has 1 aliphatic heterocycles. The molecule has 1 amide bonds. The Morgan fingerprint density at radius 2 is 1.84 bits per heavy atom. The summed E-state index contributed by atoms with van der Waals surface area (Å²) in [7, 11) is 0. The molecule has 1 atom stereocenters. The minimum atomic E-state index is -0.427. The number of carbonyl (C=O) groups excluding carboxylic acids is 2. The Kier molecular flexibility index (Phi) is 6.20. The highest BCUT2D eigenvalue weighted by atomic mass is 16.6. The van der Waals surface area contributed by atoms with Gasteiger partial charge in [0.2, 0.25) is 0 Å². The van der Waals surface area contributed by atoms with Crippen LogP contribution >= 0.6 is 0 Å². The fourth-order valence-electron chi connectivity index (χ4n) is 4.12. The Bertz CT molecular complexity index is 1120. The Balaban J connectivity index is 1.68. The summed E-state index contributed by atoms with van der Waals surface area (Å²) in [6.45, 7) is 4.43. The molecule has 168 valence electrons. The highest BCUT2D eigenvalue weighted by Gasteiger charge is 2.35. The Morgan fingerprint density at radius 3 is 2.56 bits per heavy atom. The molecule has 4 rings (SSSR count). The van der Waals surface area contributed by atoms with Crippen molar-refractivity contribution in [3.63, 3.8) is 0 Å². The summed E-state index contributed by atoms with van der Waals surface area (Å²) < 4.78 is 15.7. The van der Waals surface area contributed by atoms with Gasteiger partial charge in [-0.2, -0.15) is 0 Å². The van der Waals surface area contributed by atoms with E-state index in [2.05, 4.69) is 4.98 Å². The molecule has 1 aliphatic rings. The largest absolute Gasteiger partial charge is 0.508 e. The summed E-state index contributed by atoms with van der Waals surface area (Å²) >= 11 is 0. The van der Waals surface area contributed by atoms with Gasteiger partial charge in [-0.05, 0) is 61.7 Å². The van der Waals surface area contributed by atoms with Gasteiger partial charge in [0, 0.05) is 23.1 Å². The molecular formula is C24H26N2O6. The molecule has 0 bridgehead atoms. The van der Waals surface area contributed by atoms with E-state index in [9.17, 15) is 14.7 Å². The van der Waals surface area contributed by atoms with E-state index in [0.717, 1.165) is 27.7 Å². The zero-order valence-electron chi connectivity index (χ0n) is 18.1. The van der Waals surface area contributed by atoms with Crippen LogP contribution in [0.1, 0.15) is 36.7 Å². The number of H-pyrrole nitrogens is 1. The number of hydrogen-bond acceptors (Lipinski definition) is 6. The van der Waals surface area contributed by atoms with Gasteiger partial charge in [-0.1, -0.05) is 12.1 Å². The molecule has 8 heteroatoms. The number of aromatic hydroxyl groups is 1. The maximum absolute atomic E-state index is 12.7. The summed E-state index contributed by atoms with van der Waals surface area (Å²) in [5.74, 6) is 0.303. The van der Waals surface area contributed by atoms with Gasteiger partial charge in [0.15, 0.2) is 6.61 Å². The summed E-state index contributed by atoms with van der Waals surface area (Å²) in [4.78, 5) is 29.4. The van der Waals surface area contributed by atoms with E-state index >= 15 is 0 Å². The molecule has 2 heterocycles. The van der Waals surface area contributed by atoms with E-state index in [0.29, 0.717) is 25.3 Å². The first kappa shape index (κ1) is 21.5. The molecule has 0 aliphatic carbocycles. The Hall–Kier alpha value is -3.68. The van der Waals surface area contributed by atoms with Crippen molar-refractivity contribution >= 4 is 23.0 Å². The van der Waals surface area contributed by atoms with Crippen LogP contribution in [-0.4, -0.2) is 53.4 Å². The number of nitrogens with one attached hydrogen (secondary N) is 1. The maximum atomic E-state index is 12.7. The fourth-order valence-corrected chi connectivity index (χ4v) is 4.12. The number of aromatic nitrogens is 1. The predicted octanol–water partition coefficient (Wildman–Crippen LogP) is 3.92. The zero-order valence-corrected chi connectivity index (χ0v) is 18.1. The Labute approximate surface area is 185 Å². The van der Waals surface area contributed by atoms with E-state index < -0.39 is 5.97 Å². The van der Waals surface area contributed by atoms with Crippen molar-refractivity contribution in [3.05, 3.63) is 59.3 Å². The van der Waals surface area contributed by atoms with Gasteiger partial charge in [0.1, 0.15) is 17.5 Å². The number of phenols is 1. The third-order valence-corrected chi connectivity index (χ3v) is 5.47. The lowest BCUT2D eigenvalue weighted by atomic mass is 9.92. The van der Waals surface area contributed by atoms with Crippen molar-refractivity contribution in [3.8, 4) is 11.5 Å². The van der Waals surface area contributed by atoms with Crippen LogP contribution in [0.25, 0.3) is 10.9 Å². The second-order valence-electron chi connectivity index (χ2n) is 7.45. The predicted molar refractivity (Wildman–Crippen MR) is 118 cm³/mol. The van der Waals surface area contributed by atoms with Crippen molar-refractivity contribution in [2.75, 3.05) is 26.4 Å². The van der Waals surface area contributed by atoms with Crippen LogP contribution in [0.4, 0.5) is 4.79 Å².